The summed E-state index contributed by atoms with van der Waals surface area (Å²) in [6, 6.07) is 26.0. The lowest BCUT2D eigenvalue weighted by Gasteiger charge is -2.40. The van der Waals surface area contributed by atoms with E-state index < -0.39 is 6.03 Å². The molecule has 0 spiro atoms. The molecule has 3 amide bonds. The molecule has 0 bridgehead atoms. The molecule has 8 nitrogen and oxygen atoms in total. The van der Waals surface area contributed by atoms with Gasteiger partial charge in [-0.15, -0.1) is 0 Å². The van der Waals surface area contributed by atoms with Crippen LogP contribution in [0.25, 0.3) is 5.69 Å². The summed E-state index contributed by atoms with van der Waals surface area (Å²) in [5, 5.41) is 2.91. The Morgan fingerprint density at radius 3 is 2.15 bits per heavy atom. The third-order valence-corrected chi connectivity index (χ3v) is 6.90. The molecular formula is C31H32N4O4. The summed E-state index contributed by atoms with van der Waals surface area (Å²) in [5.41, 5.74) is 4.20. The van der Waals surface area contributed by atoms with Crippen LogP contribution in [0.15, 0.2) is 91.1 Å². The molecule has 0 saturated carbocycles. The summed E-state index contributed by atoms with van der Waals surface area (Å²) in [5.74, 6) is 0.918. The van der Waals surface area contributed by atoms with Crippen molar-refractivity contribution < 1.29 is 19.1 Å². The van der Waals surface area contributed by atoms with E-state index in [4.69, 9.17) is 9.47 Å². The largest absolute Gasteiger partial charge is 0.497 e. The van der Waals surface area contributed by atoms with Crippen LogP contribution in [0.3, 0.4) is 0 Å². The van der Waals surface area contributed by atoms with Gasteiger partial charge < -0.3 is 24.3 Å². The number of urea groups is 1. The fourth-order valence-corrected chi connectivity index (χ4v) is 5.00. The molecule has 1 aliphatic rings. The number of carbonyl (C=O) groups is 2. The van der Waals surface area contributed by atoms with Gasteiger partial charge in [-0.3, -0.25) is 9.69 Å². The minimum Gasteiger partial charge on any atom is -0.497 e. The van der Waals surface area contributed by atoms with Gasteiger partial charge in [0.15, 0.2) is 0 Å². The number of fused-ring (bicyclic) bond motifs is 3. The van der Waals surface area contributed by atoms with Crippen LogP contribution in [-0.4, -0.2) is 48.2 Å². The first-order valence-electron chi connectivity index (χ1n) is 12.9. The minimum absolute atomic E-state index is 0.108. The van der Waals surface area contributed by atoms with E-state index in [2.05, 4.69) is 9.88 Å². The molecule has 1 atom stereocenters. The molecule has 8 heteroatoms. The van der Waals surface area contributed by atoms with Gasteiger partial charge in [-0.25, -0.2) is 4.79 Å². The van der Waals surface area contributed by atoms with Crippen molar-refractivity contribution in [2.45, 2.75) is 25.9 Å². The monoisotopic (exact) mass is 524 g/mol. The maximum atomic E-state index is 14.2. The summed E-state index contributed by atoms with van der Waals surface area (Å²) >= 11 is 0. The van der Waals surface area contributed by atoms with Crippen LogP contribution in [0.5, 0.6) is 11.5 Å². The number of hydrogen-bond acceptors (Lipinski definition) is 4. The fraction of sp³-hybridized carbons (Fsp3) is 0.226. The lowest BCUT2D eigenvalue weighted by molar-refractivity contribution is -0.119. The van der Waals surface area contributed by atoms with Gasteiger partial charge in [0, 0.05) is 36.1 Å². The normalized spacial score (nSPS) is 13.9. The van der Waals surface area contributed by atoms with Gasteiger partial charge in [0.05, 0.1) is 31.3 Å². The van der Waals surface area contributed by atoms with Crippen LogP contribution in [0.2, 0.25) is 0 Å². The van der Waals surface area contributed by atoms with Crippen LogP contribution >= 0.6 is 0 Å². The highest BCUT2D eigenvalue weighted by atomic mass is 16.5. The first-order valence-corrected chi connectivity index (χ1v) is 12.9. The Kier molecular flexibility index (Phi) is 7.27. The van der Waals surface area contributed by atoms with Crippen molar-refractivity contribution in [3.05, 3.63) is 102 Å². The van der Waals surface area contributed by atoms with Crippen molar-refractivity contribution in [1.29, 1.82) is 0 Å². The van der Waals surface area contributed by atoms with Crippen LogP contribution in [0.4, 0.5) is 16.2 Å². The minimum atomic E-state index is -0.390. The number of para-hydroxylation sites is 2. The average molecular weight is 525 g/mol. The smallest absolute Gasteiger partial charge is 0.322 e. The number of ether oxygens (including phenoxy) is 2. The molecule has 2 heterocycles. The van der Waals surface area contributed by atoms with E-state index in [1.54, 1.807) is 32.4 Å². The highest BCUT2D eigenvalue weighted by molar-refractivity contribution is 6.01. The number of nitrogens with zero attached hydrogens (tertiary/aromatic N) is 3. The fourth-order valence-electron chi connectivity index (χ4n) is 5.00. The lowest BCUT2D eigenvalue weighted by atomic mass is 9.97. The molecule has 4 aromatic rings. The summed E-state index contributed by atoms with van der Waals surface area (Å²) in [6.45, 7) is 3.68. The van der Waals surface area contributed by atoms with Crippen LogP contribution in [0.1, 0.15) is 31.1 Å². The molecule has 39 heavy (non-hydrogen) atoms. The van der Waals surface area contributed by atoms with E-state index in [1.165, 1.54) is 4.90 Å². The molecular weight excluding hydrogens is 492 g/mol. The Hall–Kier alpha value is -4.72. The number of anilines is 2. The summed E-state index contributed by atoms with van der Waals surface area (Å²) in [7, 11) is 3.10. The van der Waals surface area contributed by atoms with Gasteiger partial charge >= 0.3 is 6.03 Å². The SMILES string of the molecule is COc1cc(NC(=O)N(CC(=O)N2c3ccccc3-n3cccc3C2c2ccccc2)C(C)C)cc(OC)c1. The molecule has 1 unspecified atom stereocenters. The Balaban J connectivity index is 1.48. The van der Waals surface area contributed by atoms with E-state index in [9.17, 15) is 9.59 Å². The number of nitrogens with one attached hydrogen (secondary N) is 1. The first-order chi connectivity index (χ1) is 18.9. The summed E-state index contributed by atoms with van der Waals surface area (Å²) < 4.78 is 12.8. The van der Waals surface area contributed by atoms with Crippen molar-refractivity contribution >= 4 is 23.3 Å². The zero-order chi connectivity index (χ0) is 27.5. The van der Waals surface area contributed by atoms with Crippen molar-refractivity contribution in [2.75, 3.05) is 31.0 Å². The Morgan fingerprint density at radius 2 is 1.51 bits per heavy atom. The molecule has 200 valence electrons. The quantitative estimate of drug-likeness (QED) is 0.328. The molecule has 0 saturated heterocycles. The van der Waals surface area contributed by atoms with E-state index in [0.717, 1.165) is 22.6 Å². The van der Waals surface area contributed by atoms with E-state index >= 15 is 0 Å². The first kappa shape index (κ1) is 25.9. The van der Waals surface area contributed by atoms with E-state index in [-0.39, 0.29) is 24.5 Å². The molecule has 1 aliphatic heterocycles. The Labute approximate surface area is 228 Å². The third-order valence-electron chi connectivity index (χ3n) is 6.90. The second-order valence-corrected chi connectivity index (χ2v) is 9.62. The number of aromatic nitrogens is 1. The van der Waals surface area contributed by atoms with Crippen molar-refractivity contribution in [1.82, 2.24) is 9.47 Å². The number of amides is 3. The predicted octanol–water partition coefficient (Wildman–Crippen LogP) is 5.87. The van der Waals surface area contributed by atoms with Crippen molar-refractivity contribution in [3.63, 3.8) is 0 Å². The predicted molar refractivity (Wildman–Crippen MR) is 152 cm³/mol. The molecule has 1 aromatic heterocycles. The number of benzene rings is 3. The highest BCUT2D eigenvalue weighted by Gasteiger charge is 2.37. The van der Waals surface area contributed by atoms with Gasteiger partial charge in [-0.05, 0) is 43.7 Å². The molecule has 3 aromatic carbocycles. The van der Waals surface area contributed by atoms with Crippen molar-refractivity contribution in [3.8, 4) is 17.2 Å². The molecule has 0 fully saturated rings. The standard InChI is InChI=1S/C31H32N4O4/c1-21(2)34(31(37)32-23-17-24(38-3)19-25(18-23)39-4)20-29(36)35-27-14-9-8-13-26(27)33-16-10-15-28(33)30(35)22-11-6-5-7-12-22/h5-19,21,30H,20H2,1-4H3,(H,32,37). The average Bonchev–Trinajstić information content (AvgIpc) is 3.45. The van der Waals surface area contributed by atoms with E-state index in [0.29, 0.717) is 17.2 Å². The van der Waals surface area contributed by atoms with Gasteiger partial charge in [-0.2, -0.15) is 0 Å². The van der Waals surface area contributed by atoms with Crippen molar-refractivity contribution in [2.24, 2.45) is 0 Å². The van der Waals surface area contributed by atoms with Crippen LogP contribution < -0.4 is 19.7 Å². The van der Waals surface area contributed by atoms with Crippen LogP contribution in [0, 0.1) is 0 Å². The third kappa shape index (κ3) is 5.05. The maximum absolute atomic E-state index is 14.2. The van der Waals surface area contributed by atoms with Gasteiger partial charge in [0.25, 0.3) is 0 Å². The Bertz CT molecular complexity index is 1460. The zero-order valence-corrected chi connectivity index (χ0v) is 22.5. The maximum Gasteiger partial charge on any atom is 0.322 e. The lowest BCUT2D eigenvalue weighted by Crippen LogP contribution is -2.49. The van der Waals surface area contributed by atoms with Gasteiger partial charge in [0.1, 0.15) is 24.1 Å². The number of rotatable bonds is 7. The number of hydrogen-bond donors (Lipinski definition) is 1. The zero-order valence-electron chi connectivity index (χ0n) is 22.5. The van der Waals surface area contributed by atoms with Crippen LogP contribution in [-0.2, 0) is 4.79 Å². The van der Waals surface area contributed by atoms with E-state index in [1.807, 2.05) is 91.7 Å². The highest BCUT2D eigenvalue weighted by Crippen LogP contribution is 2.42. The molecule has 0 radical (unpaired) electrons. The molecule has 1 N–H and O–H groups in total. The Morgan fingerprint density at radius 1 is 0.872 bits per heavy atom. The topological polar surface area (TPSA) is 76.0 Å². The van der Waals surface area contributed by atoms with Gasteiger partial charge in [0.2, 0.25) is 5.91 Å². The summed E-state index contributed by atoms with van der Waals surface area (Å²) in [4.78, 5) is 31.0. The van der Waals surface area contributed by atoms with Gasteiger partial charge in [-0.1, -0.05) is 42.5 Å². The number of carbonyl (C=O) groups excluding carboxylic acids is 2. The second-order valence-electron chi connectivity index (χ2n) is 9.62. The molecule has 0 aliphatic carbocycles. The molecule has 5 rings (SSSR count). The second kappa shape index (κ2) is 10.9. The number of methoxy groups -OCH3 is 2. The summed E-state index contributed by atoms with van der Waals surface area (Å²) in [6.07, 6.45) is 2.02.